The summed E-state index contributed by atoms with van der Waals surface area (Å²) in [5, 5.41) is 2.44. The molecular weight excluding hydrogens is 257 g/mol. The molecule has 0 fully saturated rings. The van der Waals surface area contributed by atoms with Gasteiger partial charge in [0.2, 0.25) is 0 Å². The van der Waals surface area contributed by atoms with Gasteiger partial charge in [-0.15, -0.1) is 11.6 Å². The van der Waals surface area contributed by atoms with Crippen LogP contribution in [-0.4, -0.2) is 5.91 Å². The van der Waals surface area contributed by atoms with E-state index in [4.69, 9.17) is 16.0 Å². The Morgan fingerprint density at radius 1 is 1.44 bits per heavy atom. The van der Waals surface area contributed by atoms with Gasteiger partial charge in [0.05, 0.1) is 11.6 Å². The van der Waals surface area contributed by atoms with Gasteiger partial charge in [-0.3, -0.25) is 4.79 Å². The van der Waals surface area contributed by atoms with E-state index in [2.05, 4.69) is 5.32 Å². The number of benzene rings is 1. The largest absolute Gasteiger partial charge is 0.456 e. The fourth-order valence-corrected chi connectivity index (χ4v) is 1.78. The molecule has 1 N–H and O–H groups in total. The van der Waals surface area contributed by atoms with Gasteiger partial charge in [-0.25, -0.2) is 4.39 Å². The average molecular weight is 268 g/mol. The van der Waals surface area contributed by atoms with Gasteiger partial charge < -0.3 is 9.73 Å². The van der Waals surface area contributed by atoms with Crippen molar-refractivity contribution in [2.75, 3.05) is 5.32 Å². The minimum absolute atomic E-state index is 0.115. The first-order chi connectivity index (χ1) is 8.61. The number of furan rings is 1. The molecule has 94 valence electrons. The summed E-state index contributed by atoms with van der Waals surface area (Å²) >= 11 is 5.68. The molecule has 0 aliphatic heterocycles. The molecule has 1 aromatic carbocycles. The molecule has 0 saturated carbocycles. The summed E-state index contributed by atoms with van der Waals surface area (Å²) in [6.45, 7) is 1.72. The summed E-state index contributed by atoms with van der Waals surface area (Å²) in [6.07, 6.45) is 0. The number of halogens is 2. The maximum atomic E-state index is 13.3. The summed E-state index contributed by atoms with van der Waals surface area (Å²) in [5.41, 5.74) is 0.860. The predicted molar refractivity (Wildman–Crippen MR) is 67.4 cm³/mol. The van der Waals surface area contributed by atoms with Crippen LogP contribution in [0, 0.1) is 12.7 Å². The first-order valence-corrected chi connectivity index (χ1v) is 5.86. The molecular formula is C13H11ClFNO2. The van der Waals surface area contributed by atoms with Gasteiger partial charge in [0, 0.05) is 5.56 Å². The van der Waals surface area contributed by atoms with Crippen LogP contribution in [0.5, 0.6) is 0 Å². The highest BCUT2D eigenvalue weighted by molar-refractivity contribution is 6.17. The monoisotopic (exact) mass is 267 g/mol. The van der Waals surface area contributed by atoms with E-state index < -0.39 is 11.7 Å². The molecule has 3 nitrogen and oxygen atoms in total. The number of amides is 1. The van der Waals surface area contributed by atoms with Crippen molar-refractivity contribution >= 4 is 23.2 Å². The zero-order valence-corrected chi connectivity index (χ0v) is 10.4. The first kappa shape index (κ1) is 12.6. The van der Waals surface area contributed by atoms with Gasteiger partial charge in [0.25, 0.3) is 5.91 Å². The van der Waals surface area contributed by atoms with E-state index in [1.54, 1.807) is 25.1 Å². The Bertz CT molecular complexity index is 580. The molecule has 0 radical (unpaired) electrons. The van der Waals surface area contributed by atoms with Gasteiger partial charge in [0.1, 0.15) is 11.6 Å². The van der Waals surface area contributed by atoms with Crippen LogP contribution in [0.25, 0.3) is 0 Å². The molecule has 1 heterocycles. The van der Waals surface area contributed by atoms with E-state index in [1.807, 2.05) is 0 Å². The second kappa shape index (κ2) is 5.23. The summed E-state index contributed by atoms with van der Waals surface area (Å²) < 4.78 is 18.6. The number of hydrogen-bond acceptors (Lipinski definition) is 2. The van der Waals surface area contributed by atoms with E-state index in [-0.39, 0.29) is 17.3 Å². The summed E-state index contributed by atoms with van der Waals surface area (Å²) in [6, 6.07) is 7.49. The lowest BCUT2D eigenvalue weighted by Crippen LogP contribution is -2.11. The normalized spacial score (nSPS) is 10.4. The molecule has 2 rings (SSSR count). The standard InChI is InChI=1S/C13H11ClFNO2/c1-8-9(7-14)6-12(18-8)13(17)16-11-5-3-2-4-10(11)15/h2-6H,7H2,1H3,(H,16,17). The number of nitrogens with one attached hydrogen (secondary N) is 1. The maximum Gasteiger partial charge on any atom is 0.291 e. The van der Waals surface area contributed by atoms with Crippen molar-refractivity contribution in [2.45, 2.75) is 12.8 Å². The highest BCUT2D eigenvalue weighted by Gasteiger charge is 2.15. The fourth-order valence-electron chi connectivity index (χ4n) is 1.51. The number of anilines is 1. The summed E-state index contributed by atoms with van der Waals surface area (Å²) in [4.78, 5) is 11.8. The minimum atomic E-state index is -0.500. The lowest BCUT2D eigenvalue weighted by Gasteiger charge is -2.03. The molecule has 0 unspecified atom stereocenters. The molecule has 0 saturated heterocycles. The van der Waals surface area contributed by atoms with Crippen molar-refractivity contribution in [1.82, 2.24) is 0 Å². The van der Waals surface area contributed by atoms with Crippen LogP contribution in [0.4, 0.5) is 10.1 Å². The van der Waals surface area contributed by atoms with Gasteiger partial charge in [-0.1, -0.05) is 12.1 Å². The Labute approximate surface area is 109 Å². The number of rotatable bonds is 3. The Balaban J connectivity index is 2.19. The van der Waals surface area contributed by atoms with Crippen LogP contribution in [0.1, 0.15) is 21.9 Å². The SMILES string of the molecule is Cc1oc(C(=O)Nc2ccccc2F)cc1CCl. The van der Waals surface area contributed by atoms with Crippen molar-refractivity contribution in [1.29, 1.82) is 0 Å². The lowest BCUT2D eigenvalue weighted by molar-refractivity contribution is 0.0995. The second-order valence-corrected chi connectivity index (χ2v) is 4.03. The predicted octanol–water partition coefficient (Wildman–Crippen LogP) is 3.72. The Morgan fingerprint density at radius 3 is 2.78 bits per heavy atom. The minimum Gasteiger partial charge on any atom is -0.456 e. The molecule has 0 bridgehead atoms. The average Bonchev–Trinajstić information content (AvgIpc) is 2.73. The van der Waals surface area contributed by atoms with Crippen LogP contribution >= 0.6 is 11.6 Å². The van der Waals surface area contributed by atoms with Crippen molar-refractivity contribution in [2.24, 2.45) is 0 Å². The third-order valence-corrected chi connectivity index (χ3v) is 2.80. The van der Waals surface area contributed by atoms with Crippen LogP contribution in [0.3, 0.4) is 0 Å². The van der Waals surface area contributed by atoms with Gasteiger partial charge >= 0.3 is 0 Å². The Morgan fingerprint density at radius 2 is 2.17 bits per heavy atom. The third kappa shape index (κ3) is 2.54. The van der Waals surface area contributed by atoms with Crippen LogP contribution in [0.15, 0.2) is 34.7 Å². The highest BCUT2D eigenvalue weighted by Crippen LogP contribution is 2.19. The van der Waals surface area contributed by atoms with E-state index in [0.717, 1.165) is 5.56 Å². The van der Waals surface area contributed by atoms with E-state index in [1.165, 1.54) is 12.1 Å². The zero-order chi connectivity index (χ0) is 13.1. The summed E-state index contributed by atoms with van der Waals surface area (Å²) in [7, 11) is 0. The molecule has 0 aliphatic carbocycles. The molecule has 0 atom stereocenters. The van der Waals surface area contributed by atoms with Crippen molar-refractivity contribution in [3.8, 4) is 0 Å². The van der Waals surface area contributed by atoms with Crippen molar-refractivity contribution < 1.29 is 13.6 Å². The summed E-state index contributed by atoms with van der Waals surface area (Å²) in [5.74, 6) is -0.0242. The molecule has 5 heteroatoms. The van der Waals surface area contributed by atoms with E-state index >= 15 is 0 Å². The number of para-hydroxylation sites is 1. The van der Waals surface area contributed by atoms with Gasteiger partial charge in [-0.05, 0) is 25.1 Å². The number of hydrogen-bond donors (Lipinski definition) is 1. The molecule has 1 aromatic heterocycles. The quantitative estimate of drug-likeness (QED) is 0.861. The van der Waals surface area contributed by atoms with Crippen LogP contribution < -0.4 is 5.32 Å². The van der Waals surface area contributed by atoms with Crippen LogP contribution in [0.2, 0.25) is 0 Å². The van der Waals surface area contributed by atoms with Gasteiger partial charge in [0.15, 0.2) is 5.76 Å². The lowest BCUT2D eigenvalue weighted by atomic mass is 10.2. The first-order valence-electron chi connectivity index (χ1n) is 5.33. The number of aryl methyl sites for hydroxylation is 1. The van der Waals surface area contributed by atoms with E-state index in [0.29, 0.717) is 5.76 Å². The smallest absolute Gasteiger partial charge is 0.291 e. The molecule has 1 amide bonds. The van der Waals surface area contributed by atoms with Crippen molar-refractivity contribution in [3.63, 3.8) is 0 Å². The van der Waals surface area contributed by atoms with E-state index in [9.17, 15) is 9.18 Å². The fraction of sp³-hybridized carbons (Fsp3) is 0.154. The third-order valence-electron chi connectivity index (χ3n) is 2.51. The highest BCUT2D eigenvalue weighted by atomic mass is 35.5. The molecule has 0 spiro atoms. The second-order valence-electron chi connectivity index (χ2n) is 3.76. The molecule has 0 aliphatic rings. The maximum absolute atomic E-state index is 13.3. The number of carbonyl (C=O) groups excluding carboxylic acids is 1. The molecule has 18 heavy (non-hydrogen) atoms. The topological polar surface area (TPSA) is 42.2 Å². The Hall–Kier alpha value is -1.81. The molecule has 2 aromatic rings. The zero-order valence-electron chi connectivity index (χ0n) is 9.67. The number of alkyl halides is 1. The van der Waals surface area contributed by atoms with Crippen molar-refractivity contribution in [3.05, 3.63) is 53.2 Å². The number of carbonyl (C=O) groups is 1. The Kier molecular flexibility index (Phi) is 3.67. The van der Waals surface area contributed by atoms with Gasteiger partial charge in [-0.2, -0.15) is 0 Å². The van der Waals surface area contributed by atoms with Crippen LogP contribution in [-0.2, 0) is 5.88 Å².